The minimum Gasteiger partial charge on any atom is -0.410 e. The molecule has 1 nitrogen and oxygen atoms in total. The predicted molar refractivity (Wildman–Crippen MR) is 88.2 cm³/mol. The van der Waals surface area contributed by atoms with Gasteiger partial charge in [-0.05, 0) is 37.2 Å². The fourth-order valence-electron chi connectivity index (χ4n) is 2.38. The maximum atomic E-state index is 6.40. The number of hydrogen-bond donors (Lipinski definition) is 0. The van der Waals surface area contributed by atoms with Crippen molar-refractivity contribution in [3.63, 3.8) is 0 Å². The third-order valence-electron chi connectivity index (χ3n) is 3.81. The molecule has 108 valence electrons. The van der Waals surface area contributed by atoms with E-state index in [2.05, 4.69) is 20.8 Å². The Bertz CT molecular complexity index is 401. The Morgan fingerprint density at radius 1 is 1.00 bits per heavy atom. The lowest BCUT2D eigenvalue weighted by Crippen LogP contribution is -2.36. The van der Waals surface area contributed by atoms with Crippen molar-refractivity contribution in [3.05, 3.63) is 32.8 Å². The highest BCUT2D eigenvalue weighted by Crippen LogP contribution is 2.38. The van der Waals surface area contributed by atoms with Crippen molar-refractivity contribution < 1.29 is 4.43 Å². The van der Waals surface area contributed by atoms with Crippen LogP contribution < -0.4 is 0 Å². The first-order valence-electron chi connectivity index (χ1n) is 6.71. The molecule has 0 N–H and O–H groups in total. The van der Waals surface area contributed by atoms with Gasteiger partial charge in [-0.15, -0.1) is 0 Å². The summed E-state index contributed by atoms with van der Waals surface area (Å²) in [5, 5.41) is 1.71. The van der Waals surface area contributed by atoms with Crippen molar-refractivity contribution in [1.82, 2.24) is 0 Å². The van der Waals surface area contributed by atoms with E-state index in [-0.39, 0.29) is 6.10 Å². The molecule has 0 aliphatic carbocycles. The molecular weight excluding hydrogens is 319 g/mol. The van der Waals surface area contributed by atoms with Crippen LogP contribution in [0.2, 0.25) is 33.2 Å². The summed E-state index contributed by atoms with van der Waals surface area (Å²) in [6.45, 7) is 8.63. The Morgan fingerprint density at radius 2 is 1.42 bits per heavy atom. The molecule has 1 atom stereocenters. The summed E-state index contributed by atoms with van der Waals surface area (Å²) in [7, 11) is -1.67. The molecule has 0 saturated heterocycles. The summed E-state index contributed by atoms with van der Waals surface area (Å²) in [6.07, 6.45) is -0.0937. The topological polar surface area (TPSA) is 9.23 Å². The monoisotopic (exact) mass is 338 g/mol. The van der Waals surface area contributed by atoms with E-state index in [9.17, 15) is 0 Å². The van der Waals surface area contributed by atoms with Crippen molar-refractivity contribution in [2.45, 2.75) is 51.9 Å². The minimum absolute atomic E-state index is 0.0937. The second kappa shape index (κ2) is 7.33. The summed E-state index contributed by atoms with van der Waals surface area (Å²) in [5.41, 5.74) is 0.847. The van der Waals surface area contributed by atoms with E-state index in [0.29, 0.717) is 15.1 Å². The summed E-state index contributed by atoms with van der Waals surface area (Å²) in [6, 6.07) is 6.75. The molecule has 0 amide bonds. The van der Waals surface area contributed by atoms with Crippen LogP contribution in [0.5, 0.6) is 0 Å². The molecule has 19 heavy (non-hydrogen) atoms. The average Bonchev–Trinajstić information content (AvgIpc) is 2.35. The van der Waals surface area contributed by atoms with Crippen molar-refractivity contribution in [2.75, 3.05) is 0 Å². The van der Waals surface area contributed by atoms with Crippen LogP contribution in [0.25, 0.3) is 0 Å². The Kier molecular flexibility index (Phi) is 6.68. The largest absolute Gasteiger partial charge is 0.410 e. The van der Waals surface area contributed by atoms with Crippen LogP contribution in [-0.4, -0.2) is 8.32 Å². The van der Waals surface area contributed by atoms with Crippen LogP contribution in [-0.2, 0) is 4.43 Å². The maximum Gasteiger partial charge on any atom is 0.192 e. The SMILES string of the molecule is CC[Si](CC)(CC)OC(C)c1c(Cl)cc(Cl)cc1Cl. The van der Waals surface area contributed by atoms with Gasteiger partial charge in [0.25, 0.3) is 0 Å². The first kappa shape index (κ1) is 17.3. The lowest BCUT2D eigenvalue weighted by atomic mass is 10.1. The summed E-state index contributed by atoms with van der Waals surface area (Å²) in [4.78, 5) is 0. The summed E-state index contributed by atoms with van der Waals surface area (Å²) in [5.74, 6) is 0. The molecule has 1 aromatic carbocycles. The molecule has 1 unspecified atom stereocenters. The number of rotatable bonds is 6. The number of hydrogen-bond acceptors (Lipinski definition) is 1. The molecule has 0 aliphatic rings. The Morgan fingerprint density at radius 3 is 1.79 bits per heavy atom. The van der Waals surface area contributed by atoms with Crippen molar-refractivity contribution in [3.8, 4) is 0 Å². The van der Waals surface area contributed by atoms with Crippen LogP contribution in [0.15, 0.2) is 12.1 Å². The van der Waals surface area contributed by atoms with Gasteiger partial charge in [0.05, 0.1) is 6.10 Å². The molecular formula is C14H21Cl3OSi. The second-order valence-electron chi connectivity index (χ2n) is 4.79. The van der Waals surface area contributed by atoms with Gasteiger partial charge >= 0.3 is 0 Å². The fourth-order valence-corrected chi connectivity index (χ4v) is 6.37. The first-order chi connectivity index (χ1) is 8.89. The first-order valence-corrected chi connectivity index (χ1v) is 10.4. The highest BCUT2D eigenvalue weighted by molar-refractivity contribution is 6.73. The zero-order valence-corrected chi connectivity index (χ0v) is 15.2. The molecule has 0 aliphatic heterocycles. The lowest BCUT2D eigenvalue weighted by molar-refractivity contribution is 0.210. The van der Waals surface area contributed by atoms with E-state index in [1.807, 2.05) is 6.92 Å². The Hall–Kier alpha value is 0.267. The van der Waals surface area contributed by atoms with Gasteiger partial charge in [-0.1, -0.05) is 55.6 Å². The van der Waals surface area contributed by atoms with E-state index >= 15 is 0 Å². The third-order valence-corrected chi connectivity index (χ3v) is 9.37. The highest BCUT2D eigenvalue weighted by atomic mass is 35.5. The van der Waals surface area contributed by atoms with Gasteiger partial charge in [-0.2, -0.15) is 0 Å². The van der Waals surface area contributed by atoms with Crippen molar-refractivity contribution in [1.29, 1.82) is 0 Å². The molecule has 0 bridgehead atoms. The van der Waals surface area contributed by atoms with Gasteiger partial charge < -0.3 is 4.43 Å². The Balaban J connectivity index is 3.04. The standard InChI is InChI=1S/C14H21Cl3OSi/c1-5-19(6-2,7-3)18-10(4)14-12(16)8-11(15)9-13(14)17/h8-10H,5-7H2,1-4H3. The van der Waals surface area contributed by atoms with Crippen LogP contribution >= 0.6 is 34.8 Å². The van der Waals surface area contributed by atoms with E-state index < -0.39 is 8.32 Å². The fraction of sp³-hybridized carbons (Fsp3) is 0.571. The van der Waals surface area contributed by atoms with E-state index in [1.54, 1.807) is 12.1 Å². The molecule has 0 spiro atoms. The Labute approximate surface area is 132 Å². The molecule has 1 rings (SSSR count). The van der Waals surface area contributed by atoms with Crippen LogP contribution in [0.3, 0.4) is 0 Å². The van der Waals surface area contributed by atoms with Gasteiger partial charge in [0.15, 0.2) is 8.32 Å². The predicted octanol–water partition coefficient (Wildman–Crippen LogP) is 6.73. The van der Waals surface area contributed by atoms with Crippen LogP contribution in [0.1, 0.15) is 39.4 Å². The molecule has 1 aromatic rings. The van der Waals surface area contributed by atoms with Gasteiger partial charge in [-0.25, -0.2) is 0 Å². The second-order valence-corrected chi connectivity index (χ2v) is 10.8. The average molecular weight is 340 g/mol. The lowest BCUT2D eigenvalue weighted by Gasteiger charge is -2.32. The van der Waals surface area contributed by atoms with E-state index in [1.165, 1.54) is 0 Å². The van der Waals surface area contributed by atoms with Crippen LogP contribution in [0, 0.1) is 0 Å². The van der Waals surface area contributed by atoms with Crippen molar-refractivity contribution in [2.24, 2.45) is 0 Å². The summed E-state index contributed by atoms with van der Waals surface area (Å²) >= 11 is 18.5. The smallest absolute Gasteiger partial charge is 0.192 e. The van der Waals surface area contributed by atoms with Gasteiger partial charge in [0.2, 0.25) is 0 Å². The van der Waals surface area contributed by atoms with E-state index in [4.69, 9.17) is 39.2 Å². The number of benzene rings is 1. The van der Waals surface area contributed by atoms with Gasteiger partial charge in [-0.3, -0.25) is 0 Å². The van der Waals surface area contributed by atoms with Crippen molar-refractivity contribution >= 4 is 43.1 Å². The zero-order chi connectivity index (χ0) is 14.6. The zero-order valence-electron chi connectivity index (χ0n) is 11.9. The highest BCUT2D eigenvalue weighted by Gasteiger charge is 2.32. The molecule has 0 radical (unpaired) electrons. The van der Waals surface area contributed by atoms with Crippen LogP contribution in [0.4, 0.5) is 0 Å². The molecule has 0 fully saturated rings. The molecule has 0 aromatic heterocycles. The third kappa shape index (κ3) is 4.12. The van der Waals surface area contributed by atoms with E-state index in [0.717, 1.165) is 23.7 Å². The summed E-state index contributed by atoms with van der Waals surface area (Å²) < 4.78 is 6.40. The number of halogens is 3. The molecule has 0 heterocycles. The quantitative estimate of drug-likeness (QED) is 0.522. The molecule has 0 saturated carbocycles. The minimum atomic E-state index is -1.67. The molecule has 5 heteroatoms. The normalized spacial score (nSPS) is 13.6. The van der Waals surface area contributed by atoms with Gasteiger partial charge in [0, 0.05) is 20.6 Å². The van der Waals surface area contributed by atoms with Gasteiger partial charge in [0.1, 0.15) is 0 Å². The maximum absolute atomic E-state index is 6.40.